The molecule has 2 atom stereocenters. The van der Waals surface area contributed by atoms with E-state index in [9.17, 15) is 27.6 Å². The number of halogens is 3. The van der Waals surface area contributed by atoms with Crippen LogP contribution in [0.2, 0.25) is 0 Å². The number of allylic oxidation sites excluding steroid dienone is 2. The maximum atomic E-state index is 13.8. The lowest BCUT2D eigenvalue weighted by Gasteiger charge is -2.28. The minimum atomic E-state index is -4.47. The number of hydrogen-bond donors (Lipinski definition) is 1. The van der Waals surface area contributed by atoms with Crippen molar-refractivity contribution < 1.29 is 37.0 Å². The highest BCUT2D eigenvalue weighted by molar-refractivity contribution is 7.99. The minimum absolute atomic E-state index is 0.126. The summed E-state index contributed by atoms with van der Waals surface area (Å²) < 4.78 is 49.3. The summed E-state index contributed by atoms with van der Waals surface area (Å²) >= 11 is 1.28. The molecule has 4 rings (SSSR count). The van der Waals surface area contributed by atoms with E-state index in [1.807, 2.05) is 51.1 Å². The highest BCUT2D eigenvalue weighted by Crippen LogP contribution is 2.40. The third kappa shape index (κ3) is 9.07. The van der Waals surface area contributed by atoms with E-state index in [0.29, 0.717) is 35.6 Å². The van der Waals surface area contributed by atoms with Gasteiger partial charge in [-0.05, 0) is 78.7 Å². The van der Waals surface area contributed by atoms with E-state index >= 15 is 0 Å². The molecule has 11 heteroatoms. The summed E-state index contributed by atoms with van der Waals surface area (Å²) in [5, 5.41) is 0.427. The molecule has 3 aromatic rings. The lowest BCUT2D eigenvalue weighted by molar-refractivity contribution is -0.141. The first-order valence-corrected chi connectivity index (χ1v) is 16.2. The number of thioether (sulfide) groups is 1. The Morgan fingerprint density at radius 1 is 1.04 bits per heavy atom. The molecule has 1 aliphatic carbocycles. The topological polar surface area (TPSA) is 109 Å². The fourth-order valence-electron chi connectivity index (χ4n) is 5.55. The average Bonchev–Trinajstić information content (AvgIpc) is 3.01. The molecule has 0 amide bonds. The van der Waals surface area contributed by atoms with E-state index in [0.717, 1.165) is 40.1 Å². The van der Waals surface area contributed by atoms with Crippen molar-refractivity contribution in [3.63, 3.8) is 0 Å². The largest absolute Gasteiger partial charge is 0.521 e. The fourth-order valence-corrected chi connectivity index (χ4v) is 6.50. The molecule has 2 N–H and O–H groups in total. The number of hydrogen-bond acceptors (Lipinski definition) is 8. The second-order valence-corrected chi connectivity index (χ2v) is 12.4. The van der Waals surface area contributed by atoms with E-state index in [1.165, 1.54) is 17.8 Å². The van der Waals surface area contributed by atoms with Gasteiger partial charge in [-0.3, -0.25) is 4.79 Å². The number of benzene rings is 2. The zero-order chi connectivity index (χ0) is 33.4. The predicted octanol–water partition coefficient (Wildman–Crippen LogP) is 7.66. The molecule has 0 spiro atoms. The highest BCUT2D eigenvalue weighted by Gasteiger charge is 2.34. The van der Waals surface area contributed by atoms with Gasteiger partial charge in [0.2, 0.25) is 0 Å². The van der Waals surface area contributed by atoms with E-state index in [1.54, 1.807) is 12.1 Å². The first-order chi connectivity index (χ1) is 21.9. The highest BCUT2D eigenvalue weighted by atomic mass is 32.2. The van der Waals surface area contributed by atoms with Crippen molar-refractivity contribution in [3.05, 3.63) is 99.9 Å². The van der Waals surface area contributed by atoms with Crippen LogP contribution in [0.15, 0.2) is 71.6 Å². The van der Waals surface area contributed by atoms with Gasteiger partial charge in [-0.15, -0.1) is 11.8 Å². The second-order valence-electron chi connectivity index (χ2n) is 11.3. The van der Waals surface area contributed by atoms with Crippen LogP contribution in [0.25, 0.3) is 5.57 Å². The van der Waals surface area contributed by atoms with Crippen molar-refractivity contribution in [2.45, 2.75) is 76.5 Å². The van der Waals surface area contributed by atoms with Gasteiger partial charge in [0.15, 0.2) is 5.78 Å². The van der Waals surface area contributed by atoms with E-state index in [4.69, 9.17) is 15.2 Å². The van der Waals surface area contributed by atoms with Gasteiger partial charge in [-0.2, -0.15) is 13.2 Å². The summed E-state index contributed by atoms with van der Waals surface area (Å²) in [6.45, 7) is 5.96. The molecule has 0 saturated carbocycles. The lowest BCUT2D eigenvalue weighted by Crippen LogP contribution is -2.36. The van der Waals surface area contributed by atoms with Crippen molar-refractivity contribution in [1.82, 2.24) is 4.98 Å². The molecule has 7 nitrogen and oxygen atoms in total. The van der Waals surface area contributed by atoms with Gasteiger partial charge in [0.05, 0.1) is 16.2 Å². The van der Waals surface area contributed by atoms with E-state index in [-0.39, 0.29) is 36.7 Å². The molecule has 0 saturated heterocycles. The fraction of sp³-hybridized carbons (Fsp3) is 0.371. The molecule has 244 valence electrons. The number of nitrogens with two attached hydrogens (primary N) is 1. The molecule has 0 radical (unpaired) electrons. The number of pyridine rings is 1. The third-order valence-corrected chi connectivity index (χ3v) is 8.77. The molecular weight excluding hydrogens is 617 g/mol. The summed E-state index contributed by atoms with van der Waals surface area (Å²) in [4.78, 5) is 43.4. The van der Waals surface area contributed by atoms with Crippen LogP contribution in [0, 0.1) is 12.8 Å². The van der Waals surface area contributed by atoms with Crippen molar-refractivity contribution in [3.8, 4) is 0 Å². The molecule has 1 unspecified atom stereocenters. The van der Waals surface area contributed by atoms with Crippen LogP contribution in [0.5, 0.6) is 0 Å². The van der Waals surface area contributed by atoms with Crippen LogP contribution in [-0.2, 0) is 44.5 Å². The van der Waals surface area contributed by atoms with Crippen molar-refractivity contribution in [2.75, 3.05) is 5.75 Å². The first-order valence-electron chi connectivity index (χ1n) is 15.2. The number of carbonyl (C=O) groups excluding carboxylic acids is 3. The Labute approximate surface area is 270 Å². The van der Waals surface area contributed by atoms with Gasteiger partial charge >= 0.3 is 18.3 Å². The Bertz CT molecular complexity index is 1560. The average molecular weight is 655 g/mol. The molecule has 46 heavy (non-hydrogen) atoms. The number of aryl methyl sites for hydroxylation is 3. The molecule has 1 heterocycles. The smallest absolute Gasteiger partial charge is 0.398 e. The Morgan fingerprint density at radius 2 is 1.72 bits per heavy atom. The molecular formula is C35H37F3N2O5S. The van der Waals surface area contributed by atoms with Crippen LogP contribution in [0.4, 0.5) is 18.0 Å². The monoisotopic (exact) mass is 654 g/mol. The zero-order valence-electron chi connectivity index (χ0n) is 26.0. The van der Waals surface area contributed by atoms with Gasteiger partial charge in [0.1, 0.15) is 11.8 Å². The number of rotatable bonds is 11. The van der Waals surface area contributed by atoms with E-state index < -0.39 is 29.9 Å². The first kappa shape index (κ1) is 34.9. The van der Waals surface area contributed by atoms with Gasteiger partial charge in [0, 0.05) is 19.0 Å². The molecule has 0 fully saturated rings. The molecule has 1 aromatic heterocycles. The maximum Gasteiger partial charge on any atom is 0.521 e. The van der Waals surface area contributed by atoms with Crippen LogP contribution in [0.1, 0.15) is 66.5 Å². The van der Waals surface area contributed by atoms with E-state index in [2.05, 4.69) is 4.98 Å². The number of ketones is 1. The van der Waals surface area contributed by atoms with Crippen molar-refractivity contribution in [1.29, 1.82) is 0 Å². The van der Waals surface area contributed by atoms with Crippen LogP contribution in [-0.4, -0.2) is 34.7 Å². The van der Waals surface area contributed by atoms with Gasteiger partial charge < -0.3 is 15.2 Å². The Morgan fingerprint density at radius 3 is 2.30 bits per heavy atom. The quantitative estimate of drug-likeness (QED) is 0.128. The third-order valence-electron chi connectivity index (χ3n) is 7.80. The predicted molar refractivity (Wildman–Crippen MR) is 170 cm³/mol. The lowest BCUT2D eigenvalue weighted by atomic mass is 9.79. The molecule has 0 aliphatic heterocycles. The zero-order valence-corrected chi connectivity index (χ0v) is 26.8. The van der Waals surface area contributed by atoms with Crippen LogP contribution in [0.3, 0.4) is 0 Å². The normalized spacial score (nSPS) is 15.9. The standard InChI is InChI=1S/C35H37F3N2O5S/c1-4-24-15-21(3)16-25(5-2)31(24)32-28(41)18-23(13-14-46-30-12-11-26(20-40-30)35(36,37)38)19-29(32)44-34(43)45-33(42)27(39)17-22-9-7-6-8-10-22/h6-12,15-16,20,23,27H,4-5,13-14,17-19,39H2,1-3H3/t23?,27-/m0/s1. The summed E-state index contributed by atoms with van der Waals surface area (Å²) in [6, 6.07) is 14.3. The minimum Gasteiger partial charge on any atom is -0.398 e. The number of carbonyl (C=O) groups is 3. The molecule has 1 aliphatic rings. The number of alkyl halides is 3. The van der Waals surface area contributed by atoms with Gasteiger partial charge in [0.25, 0.3) is 0 Å². The van der Waals surface area contributed by atoms with Crippen LogP contribution >= 0.6 is 11.8 Å². The van der Waals surface area contributed by atoms with Crippen molar-refractivity contribution in [2.24, 2.45) is 11.7 Å². The van der Waals surface area contributed by atoms with Crippen LogP contribution < -0.4 is 5.73 Å². The SMILES string of the molecule is CCc1cc(C)cc(CC)c1C1=C(OC(=O)OC(=O)[C@@H](N)Cc2ccccc2)CC(CCSc2ccc(C(F)(F)F)cn2)CC1=O. The van der Waals surface area contributed by atoms with Gasteiger partial charge in [-0.1, -0.05) is 61.9 Å². The summed E-state index contributed by atoms with van der Waals surface area (Å²) in [5.41, 5.74) is 9.95. The summed E-state index contributed by atoms with van der Waals surface area (Å²) in [7, 11) is 0. The molecule has 2 aromatic carbocycles. The number of nitrogens with zero attached hydrogens (tertiary/aromatic N) is 1. The molecule has 0 bridgehead atoms. The Balaban J connectivity index is 1.54. The summed E-state index contributed by atoms with van der Waals surface area (Å²) in [5.74, 6) is -0.772. The summed E-state index contributed by atoms with van der Waals surface area (Å²) in [6.07, 6.45) is -2.56. The van der Waals surface area contributed by atoms with Crippen molar-refractivity contribution >= 4 is 35.2 Å². The number of Topliss-reactive ketones (excluding diaryl/α,β-unsaturated/α-hetero) is 1. The van der Waals surface area contributed by atoms with Gasteiger partial charge in [-0.25, -0.2) is 14.6 Å². The maximum absolute atomic E-state index is 13.8. The number of ether oxygens (including phenoxy) is 2. The Hall–Kier alpha value is -3.96. The number of aromatic nitrogens is 1. The Kier molecular flexibility index (Phi) is 11.8. The number of esters is 1. The second kappa shape index (κ2) is 15.6.